The second-order valence-corrected chi connectivity index (χ2v) is 22.1. The van der Waals surface area contributed by atoms with E-state index in [0.29, 0.717) is 38.1 Å². The zero-order chi connectivity index (χ0) is 54.3. The highest BCUT2D eigenvalue weighted by Gasteiger charge is 2.52. The van der Waals surface area contributed by atoms with Crippen molar-refractivity contribution >= 4 is 27.3 Å². The van der Waals surface area contributed by atoms with Gasteiger partial charge in [0.1, 0.15) is 36.5 Å². The molecule has 72 heavy (non-hydrogen) atoms. The van der Waals surface area contributed by atoms with Gasteiger partial charge >= 0.3 is 5.97 Å². The molecule has 0 aromatic heterocycles. The molecule has 0 aliphatic carbocycles. The third kappa shape index (κ3) is 16.1. The Hall–Kier alpha value is -3.35. The minimum Gasteiger partial charge on any atom is -0.459 e. The molecule has 21 heteroatoms. The van der Waals surface area contributed by atoms with E-state index in [9.17, 15) is 37.7 Å². The number of halogens is 1. The predicted octanol–water partition coefficient (Wildman–Crippen LogP) is 3.82. The monoisotopic (exact) mass is 1040 g/mol. The van der Waals surface area contributed by atoms with Crippen molar-refractivity contribution in [3.05, 3.63) is 41.7 Å². The fraction of sp³-hybridized carbons (Fsp3) is 0.784. The van der Waals surface area contributed by atoms with Crippen LogP contribution in [0.25, 0.3) is 0 Å². The standard InChI is InChI=1S/C48H79FN6O12S.C2H6.CH4O/c1-12-39-48(8,60)43(58)30(4)40(52-67-36-14-13-20-50-26-36)28(2)24-47(7,63-10)44(31(5)41(56)32(6)45(59)65-39)66-46-42(57)38(22-29(3)64-46)54(9)21-19-34-27-55(53-51-34)35(25-49)23-33-15-17-37(18-16-33)68(11,61)62;2*1-2/h15-18,27-32,35-36,38-39,42-44,46,50-51,53,57-58,60H,12-14,19-26H2,1-11H3;1-2H3;2H,1H3/b52-40+;;/t28-,29?,30?,31+,32?,35?,36-,38?,39-,42-,43?,44-,46?,47-,48-;;/m1../s1. The highest BCUT2D eigenvalue weighted by Crippen LogP contribution is 2.39. The van der Waals surface area contributed by atoms with Crippen LogP contribution < -0.4 is 16.3 Å². The van der Waals surface area contributed by atoms with Crippen LogP contribution in [0.15, 0.2) is 46.2 Å². The number of alkyl halides is 1. The van der Waals surface area contributed by atoms with Crippen molar-refractivity contribution in [1.82, 2.24) is 26.2 Å². The molecule has 4 aliphatic rings. The van der Waals surface area contributed by atoms with Crippen LogP contribution in [-0.2, 0) is 49.6 Å². The van der Waals surface area contributed by atoms with E-state index in [2.05, 4.69) is 21.4 Å². The van der Waals surface area contributed by atoms with Gasteiger partial charge in [-0.05, 0) is 97.5 Å². The maximum absolute atomic E-state index is 14.5. The number of Topliss-reactive ketones (excluding diaryl/α,β-unsaturated/α-hetero) is 1. The lowest BCUT2D eigenvalue weighted by molar-refractivity contribution is -0.295. The molecule has 0 bridgehead atoms. The molecular weight excluding hydrogens is 956 g/mol. The quantitative estimate of drug-likeness (QED) is 0.0749. The second-order valence-electron chi connectivity index (χ2n) is 20.0. The fourth-order valence-electron chi connectivity index (χ4n) is 10.1. The van der Waals surface area contributed by atoms with Crippen molar-refractivity contribution in [3.63, 3.8) is 0 Å². The number of methoxy groups -OCH3 is 1. The number of carbonyl (C=O) groups excluding carboxylic acids is 2. The molecule has 15 atom stereocenters. The van der Waals surface area contributed by atoms with Crippen LogP contribution in [0.1, 0.15) is 113 Å². The summed E-state index contributed by atoms with van der Waals surface area (Å²) in [5.41, 5.74) is 4.92. The molecule has 0 saturated carbocycles. The summed E-state index contributed by atoms with van der Waals surface area (Å²) in [6.07, 6.45) is -0.520. The largest absolute Gasteiger partial charge is 0.459 e. The van der Waals surface area contributed by atoms with Gasteiger partial charge in [-0.25, -0.2) is 12.8 Å². The smallest absolute Gasteiger partial charge is 0.316 e. The number of ketones is 1. The van der Waals surface area contributed by atoms with E-state index in [-0.39, 0.29) is 29.9 Å². The normalized spacial score (nSPS) is 35.1. The molecule has 0 spiro atoms. The van der Waals surface area contributed by atoms with Crippen LogP contribution in [-0.4, -0.2) is 176 Å². The van der Waals surface area contributed by atoms with E-state index < -0.39 is 106 Å². The Morgan fingerprint density at radius 3 is 2.28 bits per heavy atom. The van der Waals surface area contributed by atoms with Gasteiger partial charge in [-0.3, -0.25) is 14.6 Å². The molecule has 3 fully saturated rings. The van der Waals surface area contributed by atoms with Gasteiger partial charge in [0, 0.05) is 75.7 Å². The number of ether oxygens (including phenoxy) is 4. The number of rotatable bonds is 15. The molecule has 1 aromatic rings. The Labute approximate surface area is 428 Å². The van der Waals surface area contributed by atoms with Gasteiger partial charge in [-0.2, -0.15) is 0 Å². The predicted molar refractivity (Wildman–Crippen MR) is 272 cm³/mol. The number of oxime groups is 1. The first-order valence-electron chi connectivity index (χ1n) is 25.6. The van der Waals surface area contributed by atoms with Crippen LogP contribution >= 0.6 is 0 Å². The van der Waals surface area contributed by atoms with Gasteiger partial charge in [0.25, 0.3) is 0 Å². The van der Waals surface area contributed by atoms with E-state index >= 15 is 0 Å². The summed E-state index contributed by atoms with van der Waals surface area (Å²) in [4.78, 5) is 36.6. The summed E-state index contributed by atoms with van der Waals surface area (Å²) < 4.78 is 63.5. The van der Waals surface area contributed by atoms with Crippen LogP contribution in [0.3, 0.4) is 0 Å². The minimum atomic E-state index is -3.36. The molecule has 1 aromatic carbocycles. The fourth-order valence-corrected chi connectivity index (χ4v) is 10.7. The van der Waals surface area contributed by atoms with E-state index in [1.165, 1.54) is 33.1 Å². The summed E-state index contributed by atoms with van der Waals surface area (Å²) >= 11 is 0. The molecule has 4 heterocycles. The molecule has 0 amide bonds. The number of aliphatic hydroxyl groups is 4. The summed E-state index contributed by atoms with van der Waals surface area (Å²) in [7, 11) is 1.04. The zero-order valence-electron chi connectivity index (χ0n) is 45.3. The average molecular weight is 1050 g/mol. The molecule has 7 N–H and O–H groups in total. The molecule has 0 radical (unpaired) electrons. The van der Waals surface area contributed by atoms with Gasteiger partial charge in [-0.1, -0.05) is 58.8 Å². The van der Waals surface area contributed by atoms with Gasteiger partial charge in [0.15, 0.2) is 21.9 Å². The van der Waals surface area contributed by atoms with E-state index in [4.69, 9.17) is 28.9 Å². The van der Waals surface area contributed by atoms with Gasteiger partial charge in [0.2, 0.25) is 0 Å². The number of hydrazine groups is 2. The number of carbonyl (C=O) groups is 2. The first kappa shape index (κ1) is 62.9. The summed E-state index contributed by atoms with van der Waals surface area (Å²) in [6.45, 7) is 18.8. The number of nitrogens with one attached hydrogen (secondary N) is 3. The van der Waals surface area contributed by atoms with E-state index in [1.54, 1.807) is 51.0 Å². The van der Waals surface area contributed by atoms with Crippen molar-refractivity contribution in [1.29, 1.82) is 0 Å². The third-order valence-electron chi connectivity index (χ3n) is 14.6. The molecular formula is C51H89FN6O13S. The topological polar surface area (TPSA) is 250 Å². The molecule has 5 rings (SSSR count). The zero-order valence-corrected chi connectivity index (χ0v) is 46.1. The highest BCUT2D eigenvalue weighted by molar-refractivity contribution is 7.90. The van der Waals surface area contributed by atoms with Crippen LogP contribution in [0.4, 0.5) is 4.39 Å². The lowest BCUT2D eigenvalue weighted by atomic mass is 9.74. The summed E-state index contributed by atoms with van der Waals surface area (Å²) in [6, 6.07) is 5.39. The van der Waals surface area contributed by atoms with Gasteiger partial charge in [-0.15, -0.1) is 5.53 Å². The van der Waals surface area contributed by atoms with Crippen molar-refractivity contribution in [3.8, 4) is 0 Å². The number of cyclic esters (lactones) is 1. The number of hydrogen-bond acceptors (Lipinski definition) is 19. The maximum Gasteiger partial charge on any atom is 0.316 e. The Morgan fingerprint density at radius 1 is 1.06 bits per heavy atom. The lowest BCUT2D eigenvalue weighted by Crippen LogP contribution is -2.60. The molecule has 7 unspecified atom stereocenters. The number of piperidine rings is 1. The van der Waals surface area contributed by atoms with Gasteiger partial charge < -0.3 is 59.9 Å². The number of sulfone groups is 1. The minimum absolute atomic E-state index is 0.152. The maximum atomic E-state index is 14.5. The average Bonchev–Trinajstić information content (AvgIpc) is 3.85. The van der Waals surface area contributed by atoms with Crippen LogP contribution in [0.5, 0.6) is 0 Å². The van der Waals surface area contributed by atoms with Crippen molar-refractivity contribution in [2.75, 3.05) is 53.8 Å². The number of likely N-dealkylation sites (N-methyl/N-ethyl adjacent to an activating group) is 1. The SMILES string of the molecule is CC.CC[C@H]1OC(=O)C(C)C(=O)[C@H](C)[C@@H](OC2OC(C)CC(N(C)CCC3=CN(C(CF)Cc4ccc(S(C)(=O)=O)cc4)NN3)[C@H]2O)[C@](C)(OC)C[C@@H](C)/C(=N\O[C@@H]2CCCNC2)C(C)C(O)[C@]1(C)O.CO. The number of nitrogens with zero attached hydrogens (tertiary/aromatic N) is 3. The number of hydrogen-bond donors (Lipinski definition) is 7. The molecule has 414 valence electrons. The molecule has 4 aliphatic heterocycles. The second kappa shape index (κ2) is 28.5. The Bertz CT molecular complexity index is 2010. The first-order chi connectivity index (χ1) is 33.9. The number of esters is 1. The molecule has 19 nitrogen and oxygen atoms in total. The van der Waals surface area contributed by atoms with Crippen molar-refractivity contribution in [2.45, 2.75) is 185 Å². The van der Waals surface area contributed by atoms with Gasteiger partial charge in [0.05, 0.1) is 40.6 Å². The Balaban J connectivity index is 0.00000334. The summed E-state index contributed by atoms with van der Waals surface area (Å²) in [5, 5.41) is 52.5. The third-order valence-corrected chi connectivity index (χ3v) is 15.7. The van der Waals surface area contributed by atoms with E-state index in [0.717, 1.165) is 44.0 Å². The lowest BCUT2D eigenvalue weighted by Gasteiger charge is -2.47. The highest BCUT2D eigenvalue weighted by atomic mass is 32.2. The van der Waals surface area contributed by atoms with E-state index in [1.807, 2.05) is 39.6 Å². The number of benzene rings is 1. The summed E-state index contributed by atoms with van der Waals surface area (Å²) in [5.74, 6) is -4.95. The Kier molecular flexibility index (Phi) is 24.9. The molecule has 3 saturated heterocycles. The van der Waals surface area contributed by atoms with Crippen LogP contribution in [0, 0.1) is 23.7 Å². The first-order valence-corrected chi connectivity index (χ1v) is 27.5. The Morgan fingerprint density at radius 2 is 1.71 bits per heavy atom. The number of aliphatic hydroxyl groups excluding tert-OH is 3. The van der Waals surface area contributed by atoms with Crippen LogP contribution in [0.2, 0.25) is 0 Å². The van der Waals surface area contributed by atoms with Crippen molar-refractivity contribution < 1.29 is 66.6 Å². The van der Waals surface area contributed by atoms with Crippen molar-refractivity contribution in [2.24, 2.45) is 28.8 Å².